The van der Waals surface area contributed by atoms with Gasteiger partial charge in [-0.3, -0.25) is 4.79 Å². The largest absolute Gasteiger partial charge is 0.464 e. The Morgan fingerprint density at radius 1 is 1.11 bits per heavy atom. The van der Waals surface area contributed by atoms with E-state index >= 15 is 0 Å². The molecular formula is C22H29NO4. The van der Waals surface area contributed by atoms with Gasteiger partial charge in [-0.05, 0) is 49.6 Å². The van der Waals surface area contributed by atoms with Crippen LogP contribution in [0, 0.1) is 12.8 Å². The number of unbranched alkanes of at least 4 members (excludes halogenated alkanes) is 1. The fraction of sp³-hybridized carbons (Fsp3) is 0.500. The Hall–Kier alpha value is -2.43. The molecule has 5 nitrogen and oxygen atoms in total. The van der Waals surface area contributed by atoms with Crippen LogP contribution in [0.5, 0.6) is 11.5 Å². The van der Waals surface area contributed by atoms with Crippen molar-refractivity contribution < 1.29 is 18.7 Å². The van der Waals surface area contributed by atoms with E-state index in [0.717, 1.165) is 54.3 Å². The monoisotopic (exact) mass is 371 g/mol. The van der Waals surface area contributed by atoms with Gasteiger partial charge in [0, 0.05) is 12.5 Å². The van der Waals surface area contributed by atoms with Gasteiger partial charge in [-0.25, -0.2) is 0 Å². The third-order valence-electron chi connectivity index (χ3n) is 5.01. The number of aryl methyl sites for hydroxylation is 1. The molecule has 27 heavy (non-hydrogen) atoms. The molecule has 0 aliphatic carbocycles. The number of carbonyl (C=O) groups is 1. The fourth-order valence-electron chi connectivity index (χ4n) is 3.44. The lowest BCUT2D eigenvalue weighted by Crippen LogP contribution is -2.35. The molecule has 3 rings (SSSR count). The molecule has 0 bridgehead atoms. The minimum Gasteiger partial charge on any atom is -0.464 e. The highest BCUT2D eigenvalue weighted by Gasteiger charge is 2.24. The Balaban J connectivity index is 1.79. The van der Waals surface area contributed by atoms with Crippen molar-refractivity contribution in [3.63, 3.8) is 0 Å². The van der Waals surface area contributed by atoms with Crippen molar-refractivity contribution in [2.24, 2.45) is 5.92 Å². The van der Waals surface area contributed by atoms with Crippen LogP contribution in [0.1, 0.15) is 56.6 Å². The lowest BCUT2D eigenvalue weighted by molar-refractivity contribution is -0.137. The van der Waals surface area contributed by atoms with E-state index in [1.165, 1.54) is 0 Å². The molecule has 0 N–H and O–H groups in total. The Bertz CT molecular complexity index is 767. The fourth-order valence-corrected chi connectivity index (χ4v) is 3.44. The summed E-state index contributed by atoms with van der Waals surface area (Å²) in [6.07, 6.45) is 3.96. The predicted molar refractivity (Wildman–Crippen MR) is 104 cm³/mol. The second-order valence-electron chi connectivity index (χ2n) is 7.14. The molecule has 0 radical (unpaired) electrons. The van der Waals surface area contributed by atoms with Crippen molar-refractivity contribution >= 4 is 5.91 Å². The molecule has 146 valence electrons. The summed E-state index contributed by atoms with van der Waals surface area (Å²) in [6, 6.07) is 9.75. The van der Waals surface area contributed by atoms with Gasteiger partial charge in [-0.15, -0.1) is 0 Å². The first-order valence-electron chi connectivity index (χ1n) is 9.83. The Labute approximate surface area is 161 Å². The molecular weight excluding hydrogens is 342 g/mol. The lowest BCUT2D eigenvalue weighted by atomic mass is 9.97. The number of amides is 1. The number of ether oxygens (including phenoxy) is 2. The van der Waals surface area contributed by atoms with Crippen LogP contribution in [0.15, 0.2) is 34.7 Å². The van der Waals surface area contributed by atoms with Gasteiger partial charge >= 0.3 is 0 Å². The number of furan rings is 1. The highest BCUT2D eigenvalue weighted by Crippen LogP contribution is 2.33. The zero-order valence-electron chi connectivity index (χ0n) is 16.5. The Kier molecular flexibility index (Phi) is 6.43. The van der Waals surface area contributed by atoms with Crippen LogP contribution in [-0.4, -0.2) is 17.6 Å². The first-order valence-corrected chi connectivity index (χ1v) is 9.83. The van der Waals surface area contributed by atoms with Crippen LogP contribution >= 0.6 is 0 Å². The molecule has 0 spiro atoms. The topological polar surface area (TPSA) is 51.9 Å². The molecule has 1 unspecified atom stereocenters. The molecule has 1 aromatic heterocycles. The van der Waals surface area contributed by atoms with Crippen LogP contribution in [-0.2, 0) is 17.9 Å². The maximum Gasteiger partial charge on any atom is 0.231 e. The average Bonchev–Trinajstić information content (AvgIpc) is 3.29. The third kappa shape index (κ3) is 4.85. The van der Waals surface area contributed by atoms with Crippen LogP contribution in [0.4, 0.5) is 0 Å². The molecule has 1 aromatic carbocycles. The van der Waals surface area contributed by atoms with Gasteiger partial charge in [0.1, 0.15) is 11.5 Å². The molecule has 2 aromatic rings. The van der Waals surface area contributed by atoms with Gasteiger partial charge in [-0.2, -0.15) is 0 Å². The SMILES string of the molecule is CCCCC(CC)C(=O)N(Cc1ccc2c(c1)OCO2)Cc1ccc(C)o1. The average molecular weight is 371 g/mol. The van der Waals surface area contributed by atoms with Gasteiger partial charge < -0.3 is 18.8 Å². The number of fused-ring (bicyclic) bond motifs is 1. The van der Waals surface area contributed by atoms with Gasteiger partial charge in [0.15, 0.2) is 11.5 Å². The van der Waals surface area contributed by atoms with Crippen molar-refractivity contribution in [1.82, 2.24) is 4.90 Å². The third-order valence-corrected chi connectivity index (χ3v) is 5.01. The van der Waals surface area contributed by atoms with Gasteiger partial charge in [0.05, 0.1) is 6.54 Å². The maximum absolute atomic E-state index is 13.3. The standard InChI is InChI=1S/C22H29NO4/c1-4-6-7-18(5-2)22(24)23(14-19-10-8-16(3)27-19)13-17-9-11-20-21(12-17)26-15-25-20/h8-12,18H,4-7,13-15H2,1-3H3. The van der Waals surface area contributed by atoms with E-state index in [4.69, 9.17) is 13.9 Å². The number of carbonyl (C=O) groups excluding carboxylic acids is 1. The molecule has 5 heteroatoms. The first-order chi connectivity index (χ1) is 13.1. The van der Waals surface area contributed by atoms with E-state index in [-0.39, 0.29) is 18.6 Å². The van der Waals surface area contributed by atoms with Crippen molar-refractivity contribution in [3.8, 4) is 11.5 Å². The van der Waals surface area contributed by atoms with Gasteiger partial charge in [-0.1, -0.05) is 32.8 Å². The number of rotatable bonds is 9. The van der Waals surface area contributed by atoms with E-state index in [9.17, 15) is 4.79 Å². The Morgan fingerprint density at radius 3 is 2.63 bits per heavy atom. The summed E-state index contributed by atoms with van der Waals surface area (Å²) in [5.74, 6) is 3.41. The van der Waals surface area contributed by atoms with Crippen molar-refractivity contribution in [1.29, 1.82) is 0 Å². The van der Waals surface area contributed by atoms with E-state index in [0.29, 0.717) is 13.1 Å². The van der Waals surface area contributed by atoms with Crippen LogP contribution in [0.25, 0.3) is 0 Å². The van der Waals surface area contributed by atoms with Crippen LogP contribution < -0.4 is 9.47 Å². The number of nitrogens with zero attached hydrogens (tertiary/aromatic N) is 1. The van der Waals surface area contributed by atoms with Gasteiger partial charge in [0.25, 0.3) is 0 Å². The molecule has 1 aliphatic heterocycles. The van der Waals surface area contributed by atoms with Crippen molar-refractivity contribution in [3.05, 3.63) is 47.4 Å². The summed E-state index contributed by atoms with van der Waals surface area (Å²) < 4.78 is 16.6. The number of hydrogen-bond acceptors (Lipinski definition) is 4. The smallest absolute Gasteiger partial charge is 0.231 e. The minimum absolute atomic E-state index is 0.0509. The summed E-state index contributed by atoms with van der Waals surface area (Å²) in [7, 11) is 0. The molecule has 1 aliphatic rings. The second kappa shape index (κ2) is 8.98. The van der Waals surface area contributed by atoms with E-state index in [1.54, 1.807) is 0 Å². The summed E-state index contributed by atoms with van der Waals surface area (Å²) in [4.78, 5) is 15.2. The predicted octanol–water partition coefficient (Wildman–Crippen LogP) is 5.06. The lowest BCUT2D eigenvalue weighted by Gasteiger charge is -2.26. The minimum atomic E-state index is 0.0509. The van der Waals surface area contributed by atoms with E-state index in [1.807, 2.05) is 42.2 Å². The molecule has 2 heterocycles. The molecule has 0 fully saturated rings. The van der Waals surface area contributed by atoms with Gasteiger partial charge in [0.2, 0.25) is 12.7 Å². The zero-order chi connectivity index (χ0) is 19.2. The number of hydrogen-bond donors (Lipinski definition) is 0. The molecule has 0 saturated heterocycles. The normalized spacial score (nSPS) is 13.6. The summed E-state index contributed by atoms with van der Waals surface area (Å²) in [5, 5.41) is 0. The van der Waals surface area contributed by atoms with Crippen molar-refractivity contribution in [2.45, 2.75) is 59.5 Å². The summed E-state index contributed by atoms with van der Waals surface area (Å²) in [5.41, 5.74) is 1.03. The highest BCUT2D eigenvalue weighted by molar-refractivity contribution is 5.78. The van der Waals surface area contributed by atoms with Crippen molar-refractivity contribution in [2.75, 3.05) is 6.79 Å². The zero-order valence-corrected chi connectivity index (χ0v) is 16.5. The van der Waals surface area contributed by atoms with Crippen LogP contribution in [0.2, 0.25) is 0 Å². The van der Waals surface area contributed by atoms with Crippen LogP contribution in [0.3, 0.4) is 0 Å². The van der Waals surface area contributed by atoms with E-state index < -0.39 is 0 Å². The molecule has 1 atom stereocenters. The first kappa shape index (κ1) is 19.3. The maximum atomic E-state index is 13.3. The summed E-state index contributed by atoms with van der Waals surface area (Å²) in [6.45, 7) is 7.43. The second-order valence-corrected chi connectivity index (χ2v) is 7.14. The summed E-state index contributed by atoms with van der Waals surface area (Å²) >= 11 is 0. The van der Waals surface area contributed by atoms with E-state index in [2.05, 4.69) is 13.8 Å². The molecule has 0 saturated carbocycles. The number of benzene rings is 1. The Morgan fingerprint density at radius 2 is 1.93 bits per heavy atom. The highest BCUT2D eigenvalue weighted by atomic mass is 16.7. The quantitative estimate of drug-likeness (QED) is 0.618. The molecule has 1 amide bonds.